The van der Waals surface area contributed by atoms with Crippen LogP contribution in [-0.4, -0.2) is 37.5 Å². The number of nitrogens with one attached hydrogen (secondary N) is 1. The molecule has 0 saturated heterocycles. The summed E-state index contributed by atoms with van der Waals surface area (Å²) >= 11 is 0. The number of phenolic OH excluding ortho intramolecular Hbond substituents is 1. The Bertz CT molecular complexity index is 551. The number of rotatable bonds is 4. The number of aryl methyl sites for hydroxylation is 1. The van der Waals surface area contributed by atoms with Crippen molar-refractivity contribution in [1.29, 1.82) is 0 Å². The molecule has 0 fully saturated rings. The van der Waals surface area contributed by atoms with Gasteiger partial charge in [0.1, 0.15) is 15.6 Å². The molecule has 18 heavy (non-hydrogen) atoms. The Morgan fingerprint density at radius 3 is 2.61 bits per heavy atom. The van der Waals surface area contributed by atoms with E-state index >= 15 is 0 Å². The van der Waals surface area contributed by atoms with Crippen LogP contribution in [0.15, 0.2) is 18.2 Å². The van der Waals surface area contributed by atoms with Gasteiger partial charge in [0.15, 0.2) is 0 Å². The minimum absolute atomic E-state index is 0.0819. The van der Waals surface area contributed by atoms with Crippen LogP contribution >= 0.6 is 0 Å². The Morgan fingerprint density at radius 2 is 2.06 bits per heavy atom. The minimum Gasteiger partial charge on any atom is -0.507 e. The van der Waals surface area contributed by atoms with Crippen LogP contribution in [-0.2, 0) is 9.84 Å². The maximum Gasteiger partial charge on any atom is 0.255 e. The van der Waals surface area contributed by atoms with Gasteiger partial charge in [0, 0.05) is 12.3 Å². The van der Waals surface area contributed by atoms with E-state index in [0.717, 1.165) is 6.26 Å². The molecule has 0 aromatic heterocycles. The summed E-state index contributed by atoms with van der Waals surface area (Å²) in [6.45, 7) is 3.29. The zero-order chi connectivity index (χ0) is 13.9. The minimum atomic E-state index is -3.15. The Balaban J connectivity index is 2.80. The SMILES string of the molecule is Cc1cccc(C(=O)NC(C)CS(C)(=O)=O)c1O. The molecular weight excluding hydrogens is 254 g/mol. The maximum atomic E-state index is 11.8. The van der Waals surface area contributed by atoms with Crippen molar-refractivity contribution in [2.24, 2.45) is 0 Å². The fourth-order valence-electron chi connectivity index (χ4n) is 1.64. The molecule has 0 spiro atoms. The van der Waals surface area contributed by atoms with Crippen LogP contribution in [0.2, 0.25) is 0 Å². The Hall–Kier alpha value is -1.56. The summed E-state index contributed by atoms with van der Waals surface area (Å²) in [7, 11) is -3.15. The van der Waals surface area contributed by atoms with Crippen molar-refractivity contribution in [3.05, 3.63) is 29.3 Å². The van der Waals surface area contributed by atoms with Crippen LogP contribution in [0.25, 0.3) is 0 Å². The number of para-hydroxylation sites is 1. The van der Waals surface area contributed by atoms with Gasteiger partial charge in [-0.3, -0.25) is 4.79 Å². The monoisotopic (exact) mass is 271 g/mol. The van der Waals surface area contributed by atoms with Crippen molar-refractivity contribution in [3.63, 3.8) is 0 Å². The zero-order valence-corrected chi connectivity index (χ0v) is 11.4. The lowest BCUT2D eigenvalue weighted by molar-refractivity contribution is 0.0941. The van der Waals surface area contributed by atoms with Crippen LogP contribution in [0.4, 0.5) is 0 Å². The second-order valence-corrected chi connectivity index (χ2v) is 6.62. The van der Waals surface area contributed by atoms with Crippen molar-refractivity contribution in [3.8, 4) is 5.75 Å². The third-order valence-electron chi connectivity index (χ3n) is 2.41. The quantitative estimate of drug-likeness (QED) is 0.851. The molecule has 5 nitrogen and oxygen atoms in total. The molecule has 0 saturated carbocycles. The van der Waals surface area contributed by atoms with Gasteiger partial charge >= 0.3 is 0 Å². The Morgan fingerprint density at radius 1 is 1.44 bits per heavy atom. The second kappa shape index (κ2) is 5.39. The van der Waals surface area contributed by atoms with Crippen molar-refractivity contribution < 1.29 is 18.3 Å². The number of hydrogen-bond donors (Lipinski definition) is 2. The Kier molecular flexibility index (Phi) is 4.34. The topological polar surface area (TPSA) is 83.5 Å². The smallest absolute Gasteiger partial charge is 0.255 e. The van der Waals surface area contributed by atoms with Crippen LogP contribution < -0.4 is 5.32 Å². The molecule has 6 heteroatoms. The fourth-order valence-corrected chi connectivity index (χ4v) is 2.63. The maximum absolute atomic E-state index is 11.8. The number of aromatic hydroxyl groups is 1. The summed E-state index contributed by atoms with van der Waals surface area (Å²) in [4.78, 5) is 11.8. The molecular formula is C12H17NO4S. The Labute approximate surface area is 107 Å². The van der Waals surface area contributed by atoms with Gasteiger partial charge < -0.3 is 10.4 Å². The zero-order valence-electron chi connectivity index (χ0n) is 10.6. The molecule has 1 rings (SSSR count). The highest BCUT2D eigenvalue weighted by Gasteiger charge is 2.17. The highest BCUT2D eigenvalue weighted by atomic mass is 32.2. The third-order valence-corrected chi connectivity index (χ3v) is 3.52. The molecule has 2 N–H and O–H groups in total. The number of amides is 1. The van der Waals surface area contributed by atoms with E-state index in [4.69, 9.17) is 0 Å². The van der Waals surface area contributed by atoms with Gasteiger partial charge in [-0.1, -0.05) is 12.1 Å². The first kappa shape index (κ1) is 14.5. The number of carbonyl (C=O) groups excluding carboxylic acids is 1. The van der Waals surface area contributed by atoms with Gasteiger partial charge in [-0.25, -0.2) is 8.42 Å². The molecule has 0 radical (unpaired) electrons. The van der Waals surface area contributed by atoms with Gasteiger partial charge in [-0.05, 0) is 25.5 Å². The summed E-state index contributed by atoms with van der Waals surface area (Å²) < 4.78 is 22.2. The first-order valence-electron chi connectivity index (χ1n) is 5.48. The van der Waals surface area contributed by atoms with E-state index in [9.17, 15) is 18.3 Å². The predicted molar refractivity (Wildman–Crippen MR) is 69.5 cm³/mol. The molecule has 0 aliphatic heterocycles. The van der Waals surface area contributed by atoms with E-state index in [1.807, 2.05) is 0 Å². The van der Waals surface area contributed by atoms with Crippen molar-refractivity contribution in [2.45, 2.75) is 19.9 Å². The van der Waals surface area contributed by atoms with Crippen molar-refractivity contribution in [2.75, 3.05) is 12.0 Å². The molecule has 1 aromatic rings. The van der Waals surface area contributed by atoms with Crippen LogP contribution in [0.1, 0.15) is 22.8 Å². The summed E-state index contributed by atoms with van der Waals surface area (Å²) in [5.74, 6) is -0.695. The molecule has 100 valence electrons. The second-order valence-electron chi connectivity index (χ2n) is 4.44. The lowest BCUT2D eigenvalue weighted by Gasteiger charge is -2.14. The number of benzene rings is 1. The van der Waals surface area contributed by atoms with E-state index in [1.54, 1.807) is 26.0 Å². The van der Waals surface area contributed by atoms with Crippen molar-refractivity contribution >= 4 is 15.7 Å². The van der Waals surface area contributed by atoms with Gasteiger partial charge in [-0.2, -0.15) is 0 Å². The van der Waals surface area contributed by atoms with Gasteiger partial charge in [0.25, 0.3) is 5.91 Å². The molecule has 1 atom stereocenters. The van der Waals surface area contributed by atoms with E-state index < -0.39 is 21.8 Å². The molecule has 1 unspecified atom stereocenters. The fraction of sp³-hybridized carbons (Fsp3) is 0.417. The predicted octanol–water partition coefficient (Wildman–Crippen LogP) is 0.864. The summed E-state index contributed by atoms with van der Waals surface area (Å²) in [6, 6.07) is 4.33. The normalized spacial score (nSPS) is 13.1. The highest BCUT2D eigenvalue weighted by molar-refractivity contribution is 7.90. The first-order valence-corrected chi connectivity index (χ1v) is 7.54. The first-order chi connectivity index (χ1) is 8.20. The van der Waals surface area contributed by atoms with Gasteiger partial charge in [-0.15, -0.1) is 0 Å². The molecule has 1 amide bonds. The molecule has 0 heterocycles. The van der Waals surface area contributed by atoms with E-state index in [0.29, 0.717) is 5.56 Å². The molecule has 1 aromatic carbocycles. The van der Waals surface area contributed by atoms with Crippen LogP contribution in [0.5, 0.6) is 5.75 Å². The van der Waals surface area contributed by atoms with E-state index in [2.05, 4.69) is 5.32 Å². The number of phenols is 1. The lowest BCUT2D eigenvalue weighted by atomic mass is 10.1. The largest absolute Gasteiger partial charge is 0.507 e. The summed E-state index contributed by atoms with van der Waals surface area (Å²) in [5.41, 5.74) is 0.744. The van der Waals surface area contributed by atoms with Crippen LogP contribution in [0, 0.1) is 6.92 Å². The summed E-state index contributed by atoms with van der Waals surface area (Å²) in [5, 5.41) is 12.3. The average Bonchev–Trinajstić information content (AvgIpc) is 2.18. The molecule has 0 bridgehead atoms. The number of sulfone groups is 1. The third kappa shape index (κ3) is 4.03. The van der Waals surface area contributed by atoms with Crippen LogP contribution in [0.3, 0.4) is 0 Å². The highest BCUT2D eigenvalue weighted by Crippen LogP contribution is 2.21. The summed E-state index contributed by atoms with van der Waals surface area (Å²) in [6.07, 6.45) is 1.11. The standard InChI is InChI=1S/C12H17NO4S/c1-8-5-4-6-10(11(8)14)12(15)13-9(2)7-18(3,16)17/h4-6,9,14H,7H2,1-3H3,(H,13,15). The van der Waals surface area contributed by atoms with E-state index in [1.165, 1.54) is 6.07 Å². The average molecular weight is 271 g/mol. The van der Waals surface area contributed by atoms with Gasteiger partial charge in [0.05, 0.1) is 11.3 Å². The molecule has 0 aliphatic carbocycles. The van der Waals surface area contributed by atoms with E-state index in [-0.39, 0.29) is 17.1 Å². The lowest BCUT2D eigenvalue weighted by Crippen LogP contribution is -2.37. The number of carbonyl (C=O) groups is 1. The number of hydrogen-bond acceptors (Lipinski definition) is 4. The molecule has 0 aliphatic rings. The van der Waals surface area contributed by atoms with Gasteiger partial charge in [0.2, 0.25) is 0 Å². The van der Waals surface area contributed by atoms with Crippen molar-refractivity contribution in [1.82, 2.24) is 5.32 Å².